The van der Waals surface area contributed by atoms with Crippen LogP contribution in [0.2, 0.25) is 0 Å². The molecular weight excluding hydrogens is 240 g/mol. The van der Waals surface area contributed by atoms with Gasteiger partial charge in [0.2, 0.25) is 0 Å². The van der Waals surface area contributed by atoms with Crippen LogP contribution in [0.15, 0.2) is 30.3 Å². The number of thiocarbonyl (C=S) groups is 1. The fourth-order valence-corrected chi connectivity index (χ4v) is 2.39. The summed E-state index contributed by atoms with van der Waals surface area (Å²) in [6.45, 7) is 2.21. The molecule has 0 unspecified atom stereocenters. The highest BCUT2D eigenvalue weighted by molar-refractivity contribution is 7.80. The maximum atomic E-state index is 5.59. The molecule has 1 aliphatic carbocycles. The van der Waals surface area contributed by atoms with Crippen LogP contribution in [0.5, 0.6) is 0 Å². The number of hydrogen-bond acceptors (Lipinski definition) is 2. The number of rotatable bonds is 8. The van der Waals surface area contributed by atoms with Gasteiger partial charge >= 0.3 is 0 Å². The van der Waals surface area contributed by atoms with Crippen LogP contribution in [0.4, 0.5) is 0 Å². The van der Waals surface area contributed by atoms with Gasteiger partial charge in [0.05, 0.1) is 4.99 Å². The molecule has 1 saturated carbocycles. The third-order valence-corrected chi connectivity index (χ3v) is 3.67. The molecule has 1 fully saturated rings. The van der Waals surface area contributed by atoms with E-state index in [1.54, 1.807) is 0 Å². The fourth-order valence-electron chi connectivity index (χ4n) is 2.30. The van der Waals surface area contributed by atoms with E-state index >= 15 is 0 Å². The third kappa shape index (κ3) is 4.75. The predicted molar refractivity (Wildman–Crippen MR) is 80.8 cm³/mol. The van der Waals surface area contributed by atoms with Crippen LogP contribution in [0.3, 0.4) is 0 Å². The van der Waals surface area contributed by atoms with Crippen molar-refractivity contribution in [1.29, 1.82) is 0 Å². The Bertz CT molecular complexity index is 373. The van der Waals surface area contributed by atoms with E-state index in [1.807, 2.05) is 0 Å². The number of hydrogen-bond donors (Lipinski definition) is 1. The average molecular weight is 262 g/mol. The van der Waals surface area contributed by atoms with Gasteiger partial charge < -0.3 is 5.73 Å². The van der Waals surface area contributed by atoms with Crippen molar-refractivity contribution in [3.8, 4) is 0 Å². The van der Waals surface area contributed by atoms with Crippen molar-refractivity contribution in [2.75, 3.05) is 13.1 Å². The maximum Gasteiger partial charge on any atom is 0.0740 e. The lowest BCUT2D eigenvalue weighted by molar-refractivity contribution is 0.268. The van der Waals surface area contributed by atoms with Crippen LogP contribution < -0.4 is 5.73 Å². The molecular formula is C15H22N2S. The Morgan fingerprint density at radius 2 is 1.94 bits per heavy atom. The highest BCUT2D eigenvalue weighted by Gasteiger charge is 2.28. The first-order chi connectivity index (χ1) is 8.75. The van der Waals surface area contributed by atoms with Gasteiger partial charge in [-0.1, -0.05) is 42.5 Å². The van der Waals surface area contributed by atoms with E-state index in [1.165, 1.54) is 31.4 Å². The first-order valence-electron chi connectivity index (χ1n) is 6.82. The van der Waals surface area contributed by atoms with Crippen LogP contribution in [0.1, 0.15) is 31.2 Å². The minimum atomic E-state index is 0.642. The molecule has 3 heteroatoms. The van der Waals surface area contributed by atoms with Gasteiger partial charge in [-0.15, -0.1) is 0 Å². The van der Waals surface area contributed by atoms with Crippen LogP contribution in [0, 0.1) is 0 Å². The standard InChI is InChI=1S/C15H22N2S/c16-15(18)10-12-17(14-8-9-14)11-4-7-13-5-2-1-3-6-13/h1-3,5-6,14H,4,7-12H2,(H2,16,18). The Labute approximate surface area is 115 Å². The average Bonchev–Trinajstić information content (AvgIpc) is 3.19. The van der Waals surface area contributed by atoms with Crippen molar-refractivity contribution in [1.82, 2.24) is 4.90 Å². The zero-order valence-corrected chi connectivity index (χ0v) is 11.7. The van der Waals surface area contributed by atoms with E-state index in [2.05, 4.69) is 35.2 Å². The lowest BCUT2D eigenvalue weighted by Crippen LogP contribution is -2.30. The molecule has 0 aromatic heterocycles. The van der Waals surface area contributed by atoms with Crippen molar-refractivity contribution in [3.63, 3.8) is 0 Å². The molecule has 98 valence electrons. The number of nitrogens with two attached hydrogens (primary N) is 1. The monoisotopic (exact) mass is 262 g/mol. The molecule has 1 aromatic carbocycles. The molecule has 18 heavy (non-hydrogen) atoms. The molecule has 1 aliphatic rings. The summed E-state index contributed by atoms with van der Waals surface area (Å²) in [7, 11) is 0. The zero-order valence-electron chi connectivity index (χ0n) is 10.8. The number of aryl methyl sites for hydroxylation is 1. The molecule has 0 spiro atoms. The van der Waals surface area contributed by atoms with Crippen LogP contribution >= 0.6 is 12.2 Å². The molecule has 0 heterocycles. The summed E-state index contributed by atoms with van der Waals surface area (Å²) in [5, 5.41) is 0. The molecule has 0 amide bonds. The maximum absolute atomic E-state index is 5.59. The topological polar surface area (TPSA) is 29.3 Å². The lowest BCUT2D eigenvalue weighted by atomic mass is 10.1. The van der Waals surface area contributed by atoms with Gasteiger partial charge in [-0.3, -0.25) is 4.90 Å². The molecule has 0 bridgehead atoms. The van der Waals surface area contributed by atoms with Crippen LogP contribution in [-0.4, -0.2) is 29.0 Å². The van der Waals surface area contributed by atoms with Gasteiger partial charge in [-0.05, 0) is 37.8 Å². The van der Waals surface area contributed by atoms with Gasteiger partial charge in [0.25, 0.3) is 0 Å². The van der Waals surface area contributed by atoms with E-state index in [-0.39, 0.29) is 0 Å². The summed E-state index contributed by atoms with van der Waals surface area (Å²) in [6, 6.07) is 11.5. The van der Waals surface area contributed by atoms with Crippen molar-refractivity contribution < 1.29 is 0 Å². The van der Waals surface area contributed by atoms with Crippen molar-refractivity contribution >= 4 is 17.2 Å². The van der Waals surface area contributed by atoms with Crippen molar-refractivity contribution in [2.24, 2.45) is 5.73 Å². The van der Waals surface area contributed by atoms with Crippen LogP contribution in [0.25, 0.3) is 0 Å². The van der Waals surface area contributed by atoms with Crippen molar-refractivity contribution in [3.05, 3.63) is 35.9 Å². The van der Waals surface area contributed by atoms with E-state index in [4.69, 9.17) is 18.0 Å². The van der Waals surface area contributed by atoms with Gasteiger partial charge in [-0.25, -0.2) is 0 Å². The Morgan fingerprint density at radius 3 is 2.56 bits per heavy atom. The Balaban J connectivity index is 1.71. The smallest absolute Gasteiger partial charge is 0.0740 e. The molecule has 0 radical (unpaired) electrons. The minimum Gasteiger partial charge on any atom is -0.393 e. The molecule has 1 aromatic rings. The largest absolute Gasteiger partial charge is 0.393 e. The second kappa shape index (κ2) is 6.86. The highest BCUT2D eigenvalue weighted by Crippen LogP contribution is 2.27. The van der Waals surface area contributed by atoms with E-state index in [0.717, 1.165) is 25.4 Å². The highest BCUT2D eigenvalue weighted by atomic mass is 32.1. The van der Waals surface area contributed by atoms with Gasteiger partial charge in [0, 0.05) is 19.0 Å². The quantitative estimate of drug-likeness (QED) is 0.731. The molecule has 0 atom stereocenters. The zero-order chi connectivity index (χ0) is 12.8. The van der Waals surface area contributed by atoms with Gasteiger partial charge in [-0.2, -0.15) is 0 Å². The molecule has 0 saturated heterocycles. The van der Waals surface area contributed by atoms with E-state index < -0.39 is 0 Å². The molecule has 2 N–H and O–H groups in total. The molecule has 2 rings (SSSR count). The van der Waals surface area contributed by atoms with E-state index in [9.17, 15) is 0 Å². The van der Waals surface area contributed by atoms with Crippen molar-refractivity contribution in [2.45, 2.75) is 38.1 Å². The van der Waals surface area contributed by atoms with Gasteiger partial charge in [0.1, 0.15) is 0 Å². The van der Waals surface area contributed by atoms with Gasteiger partial charge in [0.15, 0.2) is 0 Å². The number of nitrogens with zero attached hydrogens (tertiary/aromatic N) is 1. The lowest BCUT2D eigenvalue weighted by Gasteiger charge is -2.21. The normalized spacial score (nSPS) is 14.9. The SMILES string of the molecule is NC(=S)CCN(CCCc1ccccc1)C1CC1. The molecule has 2 nitrogen and oxygen atoms in total. The second-order valence-corrected chi connectivity index (χ2v) is 5.60. The Morgan fingerprint density at radius 1 is 1.22 bits per heavy atom. The predicted octanol–water partition coefficient (Wildman–Crippen LogP) is 2.76. The van der Waals surface area contributed by atoms with E-state index in [0.29, 0.717) is 4.99 Å². The Kier molecular flexibility index (Phi) is 5.14. The summed E-state index contributed by atoms with van der Waals surface area (Å²) in [5.74, 6) is 0. The Hall–Kier alpha value is -0.930. The number of benzene rings is 1. The summed E-state index contributed by atoms with van der Waals surface area (Å²) < 4.78 is 0. The summed E-state index contributed by atoms with van der Waals surface area (Å²) >= 11 is 4.96. The fraction of sp³-hybridized carbons (Fsp3) is 0.533. The first kappa shape index (κ1) is 13.5. The summed E-state index contributed by atoms with van der Waals surface area (Å²) in [4.78, 5) is 3.20. The van der Waals surface area contributed by atoms with Crippen LogP contribution in [-0.2, 0) is 6.42 Å². The molecule has 0 aliphatic heterocycles. The second-order valence-electron chi connectivity index (χ2n) is 5.07. The minimum absolute atomic E-state index is 0.642. The third-order valence-electron chi connectivity index (χ3n) is 3.46. The summed E-state index contributed by atoms with van der Waals surface area (Å²) in [5.41, 5.74) is 7.02. The summed E-state index contributed by atoms with van der Waals surface area (Å²) in [6.07, 6.45) is 5.94. The first-order valence-corrected chi connectivity index (χ1v) is 7.23.